The van der Waals surface area contributed by atoms with Crippen LogP contribution >= 0.6 is 11.3 Å². The van der Waals surface area contributed by atoms with E-state index >= 15 is 0 Å². The minimum absolute atomic E-state index is 0.600. The van der Waals surface area contributed by atoms with Crippen LogP contribution in [0, 0.1) is 5.92 Å². The Morgan fingerprint density at radius 2 is 2.10 bits per heavy atom. The van der Waals surface area contributed by atoms with E-state index in [1.54, 1.807) is 18.4 Å². The summed E-state index contributed by atoms with van der Waals surface area (Å²) >= 11 is 1.77. The molecule has 5 nitrogen and oxygen atoms in total. The SMILES string of the molecule is COc1ccc(CNCC2CC3CCN2CC3c2cc(-c3cccs3)nn2C)cc1. The first-order valence-corrected chi connectivity index (χ1v) is 11.7. The first-order chi connectivity index (χ1) is 14.7. The number of piperidine rings is 3. The van der Waals surface area contributed by atoms with Crippen LogP contribution in [0.15, 0.2) is 47.8 Å². The van der Waals surface area contributed by atoms with Gasteiger partial charge < -0.3 is 10.1 Å². The molecule has 2 aromatic heterocycles. The lowest BCUT2D eigenvalue weighted by atomic mass is 9.74. The third-order valence-corrected chi connectivity index (χ3v) is 7.71. The van der Waals surface area contributed by atoms with Crippen molar-refractivity contribution in [1.29, 1.82) is 0 Å². The summed E-state index contributed by atoms with van der Waals surface area (Å²) < 4.78 is 7.37. The van der Waals surface area contributed by atoms with Gasteiger partial charge in [0, 0.05) is 44.3 Å². The number of rotatable bonds is 7. The van der Waals surface area contributed by atoms with Crippen LogP contribution in [0.1, 0.15) is 30.0 Å². The van der Waals surface area contributed by atoms with E-state index < -0.39 is 0 Å². The number of thiophene rings is 1. The van der Waals surface area contributed by atoms with Crippen molar-refractivity contribution in [2.24, 2.45) is 13.0 Å². The summed E-state index contributed by atoms with van der Waals surface area (Å²) in [5, 5.41) is 10.6. The Labute approximate surface area is 182 Å². The Bertz CT molecular complexity index is 966. The fraction of sp³-hybridized carbons (Fsp3) is 0.458. The maximum atomic E-state index is 5.25. The number of nitrogens with one attached hydrogen (secondary N) is 1. The predicted molar refractivity (Wildman–Crippen MR) is 122 cm³/mol. The van der Waals surface area contributed by atoms with E-state index in [-0.39, 0.29) is 0 Å². The molecule has 0 spiro atoms. The molecule has 0 aliphatic carbocycles. The van der Waals surface area contributed by atoms with Crippen molar-refractivity contribution in [1.82, 2.24) is 20.0 Å². The largest absolute Gasteiger partial charge is 0.497 e. The summed E-state index contributed by atoms with van der Waals surface area (Å²) in [5.74, 6) is 2.27. The number of hydrogen-bond acceptors (Lipinski definition) is 5. The summed E-state index contributed by atoms with van der Waals surface area (Å²) in [7, 11) is 3.82. The quantitative estimate of drug-likeness (QED) is 0.622. The maximum absolute atomic E-state index is 5.25. The molecular weight excluding hydrogens is 392 g/mol. The third kappa shape index (κ3) is 3.92. The number of hydrogen-bond donors (Lipinski definition) is 1. The number of nitrogens with zero attached hydrogens (tertiary/aromatic N) is 3. The molecule has 158 valence electrons. The van der Waals surface area contributed by atoms with Crippen LogP contribution < -0.4 is 10.1 Å². The summed E-state index contributed by atoms with van der Waals surface area (Å²) in [6.45, 7) is 4.35. The van der Waals surface area contributed by atoms with Gasteiger partial charge in [-0.3, -0.25) is 9.58 Å². The Morgan fingerprint density at radius 1 is 1.23 bits per heavy atom. The van der Waals surface area contributed by atoms with Crippen LogP contribution in [-0.2, 0) is 13.6 Å². The Hall–Kier alpha value is -2.15. The predicted octanol–water partition coefficient (Wildman–Crippen LogP) is 4.12. The number of methoxy groups -OCH3 is 1. The Balaban J connectivity index is 1.20. The number of benzene rings is 1. The zero-order chi connectivity index (χ0) is 20.5. The van der Waals surface area contributed by atoms with Crippen LogP contribution in [0.4, 0.5) is 0 Å². The molecule has 3 fully saturated rings. The lowest BCUT2D eigenvalue weighted by Gasteiger charge is -2.50. The lowest BCUT2D eigenvalue weighted by molar-refractivity contribution is 0.0282. The smallest absolute Gasteiger partial charge is 0.118 e. The van der Waals surface area contributed by atoms with Crippen LogP contribution in [0.25, 0.3) is 10.6 Å². The van der Waals surface area contributed by atoms with E-state index in [2.05, 4.69) is 57.7 Å². The fourth-order valence-electron chi connectivity index (χ4n) is 5.19. The average Bonchev–Trinajstić information content (AvgIpc) is 3.44. The highest BCUT2D eigenvalue weighted by molar-refractivity contribution is 7.13. The molecule has 3 aliphatic heterocycles. The molecule has 6 rings (SSSR count). The van der Waals surface area contributed by atoms with E-state index in [0.29, 0.717) is 12.0 Å². The highest BCUT2D eigenvalue weighted by Crippen LogP contribution is 2.42. The standard InChI is InChI=1S/C24H30N4OS/c1-27-23(13-22(26-27)24-4-3-11-30-24)21-16-28-10-9-18(21)12-19(28)15-25-14-17-5-7-20(29-2)8-6-17/h3-8,11,13,18-19,21,25H,9-10,12,14-16H2,1-2H3. The van der Waals surface area contributed by atoms with Crippen molar-refractivity contribution < 1.29 is 4.74 Å². The maximum Gasteiger partial charge on any atom is 0.118 e. The van der Waals surface area contributed by atoms with Crippen LogP contribution in [0.2, 0.25) is 0 Å². The zero-order valence-electron chi connectivity index (χ0n) is 17.8. The molecule has 4 unspecified atom stereocenters. The topological polar surface area (TPSA) is 42.3 Å². The molecule has 0 amide bonds. The van der Waals surface area contributed by atoms with E-state index in [1.807, 2.05) is 12.1 Å². The molecule has 3 aliphatic rings. The summed E-state index contributed by atoms with van der Waals surface area (Å²) in [6.07, 6.45) is 2.58. The van der Waals surface area contributed by atoms with Crippen LogP contribution in [0.5, 0.6) is 5.75 Å². The van der Waals surface area contributed by atoms with Gasteiger partial charge in [-0.2, -0.15) is 5.10 Å². The molecule has 1 aromatic carbocycles. The second kappa shape index (κ2) is 8.53. The van der Waals surface area contributed by atoms with E-state index in [4.69, 9.17) is 9.84 Å². The molecule has 3 saturated heterocycles. The lowest BCUT2D eigenvalue weighted by Crippen LogP contribution is -2.55. The Morgan fingerprint density at radius 3 is 2.80 bits per heavy atom. The Kier molecular flexibility index (Phi) is 5.63. The summed E-state index contributed by atoms with van der Waals surface area (Å²) in [5.41, 5.74) is 3.83. The molecule has 3 aromatic rings. The van der Waals surface area contributed by atoms with Crippen LogP contribution in [-0.4, -0.2) is 47.5 Å². The van der Waals surface area contributed by atoms with Crippen molar-refractivity contribution >= 4 is 11.3 Å². The van der Waals surface area contributed by atoms with Crippen molar-refractivity contribution in [3.8, 4) is 16.3 Å². The van der Waals surface area contributed by atoms with Gasteiger partial charge in [-0.25, -0.2) is 0 Å². The summed E-state index contributed by atoms with van der Waals surface area (Å²) in [4.78, 5) is 3.96. The van der Waals surface area contributed by atoms with E-state index in [1.165, 1.54) is 35.5 Å². The number of aromatic nitrogens is 2. The highest BCUT2D eigenvalue weighted by Gasteiger charge is 2.41. The van der Waals surface area contributed by atoms with Crippen molar-refractivity contribution in [3.63, 3.8) is 0 Å². The number of fused-ring (bicyclic) bond motifs is 3. The van der Waals surface area contributed by atoms with Gasteiger partial charge in [-0.05, 0) is 60.5 Å². The third-order valence-electron chi connectivity index (χ3n) is 6.82. The van der Waals surface area contributed by atoms with Gasteiger partial charge in [0.15, 0.2) is 0 Å². The fourth-order valence-corrected chi connectivity index (χ4v) is 5.87. The average molecular weight is 423 g/mol. The molecule has 0 radical (unpaired) electrons. The molecule has 5 heterocycles. The van der Waals surface area contributed by atoms with E-state index in [0.717, 1.165) is 37.0 Å². The molecular formula is C24H30N4OS. The number of ether oxygens (including phenoxy) is 1. The normalized spacial score (nSPS) is 25.5. The highest BCUT2D eigenvalue weighted by atomic mass is 32.1. The molecule has 6 heteroatoms. The van der Waals surface area contributed by atoms with Crippen molar-refractivity contribution in [2.45, 2.75) is 31.3 Å². The minimum Gasteiger partial charge on any atom is -0.497 e. The van der Waals surface area contributed by atoms with Gasteiger partial charge in [-0.15, -0.1) is 11.3 Å². The van der Waals surface area contributed by atoms with E-state index in [9.17, 15) is 0 Å². The van der Waals surface area contributed by atoms with Crippen molar-refractivity contribution in [2.75, 3.05) is 26.7 Å². The molecule has 1 N–H and O–H groups in total. The first kappa shape index (κ1) is 19.8. The van der Waals surface area contributed by atoms with Gasteiger partial charge >= 0.3 is 0 Å². The van der Waals surface area contributed by atoms with Crippen LogP contribution in [0.3, 0.4) is 0 Å². The number of aryl methyl sites for hydroxylation is 1. The second-order valence-corrected chi connectivity index (χ2v) is 9.52. The molecule has 2 bridgehead atoms. The molecule has 4 atom stereocenters. The minimum atomic E-state index is 0.600. The first-order valence-electron chi connectivity index (χ1n) is 10.9. The summed E-state index contributed by atoms with van der Waals surface area (Å²) in [6, 6.07) is 15.6. The van der Waals surface area contributed by atoms with Gasteiger partial charge in [0.05, 0.1) is 12.0 Å². The molecule has 30 heavy (non-hydrogen) atoms. The zero-order valence-corrected chi connectivity index (χ0v) is 18.6. The van der Waals surface area contributed by atoms with Gasteiger partial charge in [0.2, 0.25) is 0 Å². The monoisotopic (exact) mass is 422 g/mol. The van der Waals surface area contributed by atoms with Gasteiger partial charge in [-0.1, -0.05) is 18.2 Å². The van der Waals surface area contributed by atoms with Gasteiger partial charge in [0.1, 0.15) is 11.4 Å². The van der Waals surface area contributed by atoms with Crippen molar-refractivity contribution in [3.05, 3.63) is 59.1 Å². The molecule has 0 saturated carbocycles. The van der Waals surface area contributed by atoms with Gasteiger partial charge in [0.25, 0.3) is 0 Å². The second-order valence-electron chi connectivity index (χ2n) is 8.57.